The van der Waals surface area contributed by atoms with E-state index in [-0.39, 0.29) is 19.0 Å². The molecule has 4 rings (SSSR count). The monoisotopic (exact) mass is 543 g/mol. The first-order chi connectivity index (χ1) is 18.0. The topological polar surface area (TPSA) is 126 Å². The third-order valence-electron chi connectivity index (χ3n) is 6.52. The van der Waals surface area contributed by atoms with Gasteiger partial charge in [-0.15, -0.1) is 0 Å². The summed E-state index contributed by atoms with van der Waals surface area (Å²) in [6.07, 6.45) is 6.12. The molecule has 38 heavy (non-hydrogen) atoms. The third-order valence-corrected chi connectivity index (χ3v) is 7.28. The molecule has 0 unspecified atom stereocenters. The maximum Gasteiger partial charge on any atom is 0.221 e. The van der Waals surface area contributed by atoms with Crippen LogP contribution < -0.4 is 21.1 Å². The molecule has 0 saturated heterocycles. The summed E-state index contributed by atoms with van der Waals surface area (Å²) in [5.41, 5.74) is 8.93. The van der Waals surface area contributed by atoms with Crippen LogP contribution in [0.25, 0.3) is 0 Å². The van der Waals surface area contributed by atoms with E-state index in [0.717, 1.165) is 37.4 Å². The number of pyridine rings is 1. The van der Waals surface area contributed by atoms with E-state index in [1.807, 2.05) is 12.1 Å². The van der Waals surface area contributed by atoms with Crippen molar-refractivity contribution in [3.63, 3.8) is 0 Å². The second-order valence-electron chi connectivity index (χ2n) is 9.69. The summed E-state index contributed by atoms with van der Waals surface area (Å²) in [4.78, 5) is 15.9. The fraction of sp³-hybridized carbons (Fsp3) is 0.333. The minimum Gasteiger partial charge on any atom is -0.381 e. The lowest BCUT2D eigenvalue weighted by Crippen LogP contribution is -2.36. The lowest BCUT2D eigenvalue weighted by molar-refractivity contribution is -0.117. The predicted molar refractivity (Wildman–Crippen MR) is 144 cm³/mol. The Labute approximate surface area is 221 Å². The van der Waals surface area contributed by atoms with Gasteiger partial charge in [-0.3, -0.25) is 4.79 Å². The van der Waals surface area contributed by atoms with Gasteiger partial charge in [-0.2, -0.15) is 0 Å². The van der Waals surface area contributed by atoms with Crippen molar-refractivity contribution in [1.29, 1.82) is 0 Å². The highest BCUT2D eigenvalue weighted by molar-refractivity contribution is 7.88. The second kappa shape index (κ2) is 11.9. The van der Waals surface area contributed by atoms with Crippen LogP contribution in [-0.2, 0) is 27.8 Å². The van der Waals surface area contributed by atoms with Crippen molar-refractivity contribution in [2.75, 3.05) is 16.9 Å². The highest BCUT2D eigenvalue weighted by Gasteiger charge is 2.24. The molecule has 1 heterocycles. The van der Waals surface area contributed by atoms with Gasteiger partial charge in [-0.1, -0.05) is 12.1 Å². The number of hydrogen-bond donors (Lipinski definition) is 4. The molecule has 1 aromatic heterocycles. The van der Waals surface area contributed by atoms with Gasteiger partial charge < -0.3 is 16.4 Å². The normalized spacial score (nSPS) is 17.7. The summed E-state index contributed by atoms with van der Waals surface area (Å²) < 4.78 is 52.8. The van der Waals surface area contributed by atoms with Crippen LogP contribution in [0.15, 0.2) is 54.7 Å². The number of carbonyl (C=O) groups is 1. The molecule has 2 aromatic carbocycles. The van der Waals surface area contributed by atoms with Gasteiger partial charge in [-0.25, -0.2) is 26.9 Å². The molecule has 5 N–H and O–H groups in total. The molecule has 1 aliphatic carbocycles. The van der Waals surface area contributed by atoms with Crippen molar-refractivity contribution >= 4 is 33.1 Å². The number of nitrogens with zero attached hydrogens (tertiary/aromatic N) is 1. The Bertz CT molecular complexity index is 1370. The first-order valence-corrected chi connectivity index (χ1v) is 14.2. The molecule has 11 heteroatoms. The molecule has 0 spiro atoms. The number of rotatable bonds is 10. The first-order valence-electron chi connectivity index (χ1n) is 12.3. The summed E-state index contributed by atoms with van der Waals surface area (Å²) in [7, 11) is -3.20. The molecule has 3 aromatic rings. The van der Waals surface area contributed by atoms with Gasteiger partial charge in [0.25, 0.3) is 0 Å². The summed E-state index contributed by atoms with van der Waals surface area (Å²) >= 11 is 0. The molecular formula is C27H31F2N5O3S. The van der Waals surface area contributed by atoms with Gasteiger partial charge in [-0.05, 0) is 67.0 Å². The van der Waals surface area contributed by atoms with Crippen LogP contribution in [0.5, 0.6) is 0 Å². The van der Waals surface area contributed by atoms with E-state index in [9.17, 15) is 22.0 Å². The van der Waals surface area contributed by atoms with Gasteiger partial charge in [0.05, 0.1) is 12.7 Å². The molecule has 8 nitrogen and oxygen atoms in total. The van der Waals surface area contributed by atoms with E-state index in [0.29, 0.717) is 28.6 Å². The fourth-order valence-electron chi connectivity index (χ4n) is 4.79. The molecule has 0 aliphatic heterocycles. The summed E-state index contributed by atoms with van der Waals surface area (Å²) in [6, 6.07) is 13.0. The molecule has 1 fully saturated rings. The van der Waals surface area contributed by atoms with E-state index in [1.54, 1.807) is 12.3 Å². The second-order valence-corrected chi connectivity index (χ2v) is 11.5. The molecular weight excluding hydrogens is 512 g/mol. The van der Waals surface area contributed by atoms with Crippen molar-refractivity contribution in [1.82, 2.24) is 9.71 Å². The standard InChI is InChI=1S/C27H31F2N5O3S/c1-38(36,37)34-24-8-4-19(5-9-24)18-2-6-23(7-3-18)33-27-14-25(20(16-32-27)12-26(30)35)31-15-17-10-21(28)13-22(29)11-17/h2-3,6-7,10-11,13-14,16,19,24,34H,4-5,8-9,12,15H2,1H3,(H2,30,35)(H2,31,32,33). The number of primary amides is 1. The zero-order valence-corrected chi connectivity index (χ0v) is 21.8. The largest absolute Gasteiger partial charge is 0.381 e. The Morgan fingerprint density at radius 2 is 1.68 bits per heavy atom. The number of sulfonamides is 1. The Morgan fingerprint density at radius 3 is 2.29 bits per heavy atom. The van der Waals surface area contributed by atoms with E-state index in [4.69, 9.17) is 5.73 Å². The number of hydrogen-bond acceptors (Lipinski definition) is 6. The minimum atomic E-state index is -3.20. The van der Waals surface area contributed by atoms with Crippen LogP contribution in [0.1, 0.15) is 48.3 Å². The minimum absolute atomic E-state index is 0.00598. The lowest BCUT2D eigenvalue weighted by atomic mass is 9.82. The SMILES string of the molecule is CS(=O)(=O)NC1CCC(c2ccc(Nc3cc(NCc4cc(F)cc(F)c4)c(CC(N)=O)cn3)cc2)CC1. The summed E-state index contributed by atoms with van der Waals surface area (Å²) in [5.74, 6) is -0.969. The van der Waals surface area contributed by atoms with Gasteiger partial charge in [0.2, 0.25) is 15.9 Å². The van der Waals surface area contributed by atoms with E-state index in [2.05, 4.69) is 32.5 Å². The zero-order valence-electron chi connectivity index (χ0n) is 21.0. The van der Waals surface area contributed by atoms with Crippen molar-refractivity contribution < 1.29 is 22.0 Å². The van der Waals surface area contributed by atoms with Crippen molar-refractivity contribution in [2.24, 2.45) is 5.73 Å². The molecule has 202 valence electrons. The number of amides is 1. The number of anilines is 3. The number of aromatic nitrogens is 1. The molecule has 0 atom stereocenters. The number of carbonyl (C=O) groups excluding carboxylic acids is 1. The average Bonchev–Trinajstić information content (AvgIpc) is 2.83. The van der Waals surface area contributed by atoms with Crippen LogP contribution in [0.3, 0.4) is 0 Å². The Balaban J connectivity index is 1.42. The van der Waals surface area contributed by atoms with Crippen molar-refractivity contribution in [3.8, 4) is 0 Å². The maximum absolute atomic E-state index is 13.6. The van der Waals surface area contributed by atoms with Crippen molar-refractivity contribution in [2.45, 2.75) is 50.6 Å². The Hall–Kier alpha value is -3.57. The highest BCUT2D eigenvalue weighted by atomic mass is 32.2. The summed E-state index contributed by atoms with van der Waals surface area (Å²) in [5, 5.41) is 6.36. The quantitative estimate of drug-likeness (QED) is 0.302. The zero-order chi connectivity index (χ0) is 27.3. The average molecular weight is 544 g/mol. The number of halogens is 2. The fourth-order valence-corrected chi connectivity index (χ4v) is 5.63. The van der Waals surface area contributed by atoms with Crippen LogP contribution >= 0.6 is 0 Å². The lowest BCUT2D eigenvalue weighted by Gasteiger charge is -2.29. The summed E-state index contributed by atoms with van der Waals surface area (Å²) in [6.45, 7) is 0.139. The van der Waals surface area contributed by atoms with Crippen LogP contribution in [0, 0.1) is 11.6 Å². The first kappa shape index (κ1) is 27.5. The smallest absolute Gasteiger partial charge is 0.221 e. The molecule has 0 bridgehead atoms. The van der Waals surface area contributed by atoms with Crippen LogP contribution in [-0.4, -0.2) is 31.6 Å². The van der Waals surface area contributed by atoms with E-state index in [1.165, 1.54) is 24.0 Å². The molecule has 1 saturated carbocycles. The molecule has 0 radical (unpaired) electrons. The number of nitrogens with two attached hydrogens (primary N) is 1. The Morgan fingerprint density at radius 1 is 1.03 bits per heavy atom. The molecule has 1 aliphatic rings. The van der Waals surface area contributed by atoms with Crippen molar-refractivity contribution in [3.05, 3.63) is 83.1 Å². The van der Waals surface area contributed by atoms with Gasteiger partial charge >= 0.3 is 0 Å². The highest BCUT2D eigenvalue weighted by Crippen LogP contribution is 2.34. The van der Waals surface area contributed by atoms with Gasteiger partial charge in [0.15, 0.2) is 0 Å². The molecule has 1 amide bonds. The third kappa shape index (κ3) is 7.96. The van der Waals surface area contributed by atoms with Gasteiger partial charge in [0, 0.05) is 47.9 Å². The van der Waals surface area contributed by atoms with E-state index >= 15 is 0 Å². The number of nitrogens with one attached hydrogen (secondary N) is 3. The Kier molecular flexibility index (Phi) is 8.58. The van der Waals surface area contributed by atoms with Gasteiger partial charge in [0.1, 0.15) is 17.5 Å². The van der Waals surface area contributed by atoms with Crippen LogP contribution in [0.4, 0.5) is 26.0 Å². The maximum atomic E-state index is 13.6. The predicted octanol–water partition coefficient (Wildman–Crippen LogP) is 4.32. The van der Waals surface area contributed by atoms with Crippen LogP contribution in [0.2, 0.25) is 0 Å². The number of benzene rings is 2. The van der Waals surface area contributed by atoms with E-state index < -0.39 is 27.6 Å².